The molecule has 0 spiro atoms. The number of esters is 1. The van der Waals surface area contributed by atoms with E-state index in [0.29, 0.717) is 0 Å². The predicted octanol–water partition coefficient (Wildman–Crippen LogP) is 2.89. The van der Waals surface area contributed by atoms with Crippen LogP contribution in [0.3, 0.4) is 0 Å². The lowest BCUT2D eigenvalue weighted by molar-refractivity contribution is 0.0286. The van der Waals surface area contributed by atoms with Gasteiger partial charge in [0.15, 0.2) is 0 Å². The topological polar surface area (TPSA) is 62.2 Å². The number of methoxy groups -OCH3 is 1. The molecule has 0 saturated heterocycles. The highest BCUT2D eigenvalue weighted by Gasteiger charge is 2.26. The molecular formula is C12H14F2N2O2. The van der Waals surface area contributed by atoms with E-state index in [4.69, 9.17) is 5.41 Å². The molecule has 98 valence electrons. The average Bonchev–Trinajstić information content (AvgIpc) is 2.38. The highest BCUT2D eigenvalue weighted by Crippen LogP contribution is 2.24. The van der Waals surface area contributed by atoms with Gasteiger partial charge in [-0.05, 0) is 18.2 Å². The van der Waals surface area contributed by atoms with E-state index in [0.717, 1.165) is 6.21 Å². The van der Waals surface area contributed by atoms with Crippen LogP contribution in [0.15, 0.2) is 18.2 Å². The zero-order chi connectivity index (χ0) is 13.8. The quantitative estimate of drug-likeness (QED) is 0.483. The zero-order valence-corrected chi connectivity index (χ0v) is 10.1. The number of anilines is 1. The first kappa shape index (κ1) is 14.1. The van der Waals surface area contributed by atoms with Crippen molar-refractivity contribution in [1.82, 2.24) is 0 Å². The van der Waals surface area contributed by atoms with E-state index < -0.39 is 12.0 Å². The molecule has 0 unspecified atom stereocenters. The number of carbonyl (C=O) groups is 1. The van der Waals surface area contributed by atoms with Crippen LogP contribution >= 0.6 is 0 Å². The summed E-state index contributed by atoms with van der Waals surface area (Å²) in [6.07, 6.45) is 0.531. The van der Waals surface area contributed by atoms with Crippen molar-refractivity contribution < 1.29 is 18.3 Å². The fourth-order valence-electron chi connectivity index (χ4n) is 1.33. The van der Waals surface area contributed by atoms with Crippen molar-refractivity contribution in [1.29, 1.82) is 5.41 Å². The van der Waals surface area contributed by atoms with Crippen molar-refractivity contribution in [3.05, 3.63) is 29.3 Å². The number of benzene rings is 1. The van der Waals surface area contributed by atoms with Crippen LogP contribution in [0.4, 0.5) is 14.5 Å². The van der Waals surface area contributed by atoms with Crippen LogP contribution in [0.5, 0.6) is 0 Å². The monoisotopic (exact) mass is 256 g/mol. The lowest BCUT2D eigenvalue weighted by Crippen LogP contribution is -2.26. The van der Waals surface area contributed by atoms with Crippen molar-refractivity contribution in [3.63, 3.8) is 0 Å². The second kappa shape index (κ2) is 5.57. The number of hydrogen-bond acceptors (Lipinski definition) is 4. The van der Waals surface area contributed by atoms with E-state index in [1.54, 1.807) is 0 Å². The number of halogens is 2. The molecule has 0 atom stereocenters. The summed E-state index contributed by atoms with van der Waals surface area (Å²) in [6, 6.07) is 0.973. The van der Waals surface area contributed by atoms with Gasteiger partial charge in [-0.15, -0.1) is 0 Å². The van der Waals surface area contributed by atoms with Crippen molar-refractivity contribution in [2.75, 3.05) is 12.4 Å². The number of alkyl halides is 2. The molecule has 0 fully saturated rings. The Bertz CT molecular complexity index is 461. The van der Waals surface area contributed by atoms with Gasteiger partial charge >= 0.3 is 12.0 Å². The molecule has 0 saturated carbocycles. The molecule has 0 aromatic heterocycles. The van der Waals surface area contributed by atoms with Crippen molar-refractivity contribution >= 4 is 17.9 Å². The lowest BCUT2D eigenvalue weighted by Gasteiger charge is -2.18. The molecule has 18 heavy (non-hydrogen) atoms. The Morgan fingerprint density at radius 3 is 2.72 bits per heavy atom. The standard InChI is InChI=1S/C12H14F2N2O2/c1-3-12(13,14)16-10-5-4-8(11(17)18-2)6-9(10)7-15/h4-7,15-16H,3H2,1-2H3. The van der Waals surface area contributed by atoms with Crippen LogP contribution in [0, 0.1) is 5.41 Å². The van der Waals surface area contributed by atoms with Gasteiger partial charge < -0.3 is 15.5 Å². The highest BCUT2D eigenvalue weighted by atomic mass is 19.3. The summed E-state index contributed by atoms with van der Waals surface area (Å²) in [5.41, 5.74) is 0.511. The van der Waals surface area contributed by atoms with Crippen LogP contribution in [0.1, 0.15) is 29.3 Å². The first-order chi connectivity index (χ1) is 8.43. The molecule has 6 heteroatoms. The van der Waals surface area contributed by atoms with Gasteiger partial charge in [0.05, 0.1) is 12.7 Å². The van der Waals surface area contributed by atoms with Gasteiger partial charge in [0.2, 0.25) is 0 Å². The smallest absolute Gasteiger partial charge is 0.337 e. The molecule has 0 heterocycles. The first-order valence-corrected chi connectivity index (χ1v) is 5.32. The number of carbonyl (C=O) groups excluding carboxylic acids is 1. The molecule has 0 aliphatic carbocycles. The van der Waals surface area contributed by atoms with E-state index in [1.165, 1.54) is 32.2 Å². The van der Waals surface area contributed by atoms with E-state index >= 15 is 0 Å². The minimum atomic E-state index is -3.05. The molecule has 2 N–H and O–H groups in total. The SMILES string of the molecule is CCC(F)(F)Nc1ccc(C(=O)OC)cc1C=N. The van der Waals surface area contributed by atoms with Gasteiger partial charge in [-0.3, -0.25) is 0 Å². The number of nitrogens with one attached hydrogen (secondary N) is 2. The third-order valence-electron chi connectivity index (χ3n) is 2.39. The number of hydrogen-bond donors (Lipinski definition) is 2. The number of rotatable bonds is 5. The van der Waals surface area contributed by atoms with Crippen molar-refractivity contribution in [2.45, 2.75) is 19.4 Å². The van der Waals surface area contributed by atoms with Crippen LogP contribution in [-0.4, -0.2) is 25.3 Å². The van der Waals surface area contributed by atoms with Gasteiger partial charge in [0, 0.05) is 23.9 Å². The van der Waals surface area contributed by atoms with Gasteiger partial charge in [0.25, 0.3) is 0 Å². The third-order valence-corrected chi connectivity index (χ3v) is 2.39. The summed E-state index contributed by atoms with van der Waals surface area (Å²) in [7, 11) is 1.23. The zero-order valence-electron chi connectivity index (χ0n) is 10.1. The van der Waals surface area contributed by atoms with Crippen molar-refractivity contribution in [2.24, 2.45) is 0 Å². The summed E-state index contributed by atoms with van der Waals surface area (Å²) in [5, 5.41) is 9.22. The molecule has 1 aromatic carbocycles. The second-order valence-electron chi connectivity index (χ2n) is 3.62. The molecule has 4 nitrogen and oxygen atoms in total. The van der Waals surface area contributed by atoms with Gasteiger partial charge in [-0.1, -0.05) is 6.92 Å². The molecule has 0 radical (unpaired) electrons. The summed E-state index contributed by atoms with van der Waals surface area (Å²) in [6.45, 7) is 1.35. The van der Waals surface area contributed by atoms with Crippen LogP contribution in [-0.2, 0) is 4.74 Å². The molecule has 0 aliphatic heterocycles. The highest BCUT2D eigenvalue weighted by molar-refractivity contribution is 5.94. The summed E-state index contributed by atoms with van der Waals surface area (Å²) in [5.74, 6) is -0.577. The Kier molecular flexibility index (Phi) is 4.36. The molecule has 0 aliphatic rings. The largest absolute Gasteiger partial charge is 0.465 e. The maximum absolute atomic E-state index is 13.2. The minimum Gasteiger partial charge on any atom is -0.465 e. The van der Waals surface area contributed by atoms with Crippen molar-refractivity contribution in [3.8, 4) is 0 Å². The van der Waals surface area contributed by atoms with E-state index in [2.05, 4.69) is 4.74 Å². The van der Waals surface area contributed by atoms with Gasteiger partial charge in [-0.2, -0.15) is 8.78 Å². The molecule has 1 rings (SSSR count). The maximum Gasteiger partial charge on any atom is 0.337 e. The van der Waals surface area contributed by atoms with Gasteiger partial charge in [0.1, 0.15) is 0 Å². The minimum absolute atomic E-state index is 0.101. The van der Waals surface area contributed by atoms with Gasteiger partial charge in [-0.25, -0.2) is 4.79 Å². The predicted molar refractivity (Wildman–Crippen MR) is 64.5 cm³/mol. The Labute approximate surface area is 103 Å². The average molecular weight is 256 g/mol. The van der Waals surface area contributed by atoms with E-state index in [9.17, 15) is 13.6 Å². The molecule has 1 aromatic rings. The third kappa shape index (κ3) is 3.26. The number of ether oxygens (including phenoxy) is 1. The summed E-state index contributed by atoms with van der Waals surface area (Å²) < 4.78 is 30.9. The first-order valence-electron chi connectivity index (χ1n) is 5.32. The Morgan fingerprint density at radius 2 is 2.22 bits per heavy atom. The maximum atomic E-state index is 13.2. The molecule has 0 bridgehead atoms. The normalized spacial score (nSPS) is 10.9. The van der Waals surface area contributed by atoms with Crippen LogP contribution in [0.2, 0.25) is 0 Å². The fourth-order valence-corrected chi connectivity index (χ4v) is 1.33. The Hall–Kier alpha value is -1.98. The Morgan fingerprint density at radius 1 is 1.56 bits per heavy atom. The van der Waals surface area contributed by atoms with Crippen LogP contribution in [0.25, 0.3) is 0 Å². The second-order valence-corrected chi connectivity index (χ2v) is 3.62. The van der Waals surface area contributed by atoms with E-state index in [-0.39, 0.29) is 23.2 Å². The summed E-state index contributed by atoms with van der Waals surface area (Å²) in [4.78, 5) is 11.3. The summed E-state index contributed by atoms with van der Waals surface area (Å²) >= 11 is 0. The van der Waals surface area contributed by atoms with Crippen LogP contribution < -0.4 is 5.32 Å². The lowest BCUT2D eigenvalue weighted by atomic mass is 10.1. The molecular weight excluding hydrogens is 242 g/mol. The fraction of sp³-hybridized carbons (Fsp3) is 0.333. The Balaban J connectivity index is 3.08. The van der Waals surface area contributed by atoms with E-state index in [1.807, 2.05) is 5.32 Å². The molecule has 0 amide bonds.